The van der Waals surface area contributed by atoms with Crippen molar-refractivity contribution >= 4 is 38.9 Å². The van der Waals surface area contributed by atoms with Crippen LogP contribution in [0, 0.1) is 20.8 Å². The molecule has 0 aliphatic heterocycles. The second-order valence-corrected chi connectivity index (χ2v) is 8.73. The van der Waals surface area contributed by atoms with Crippen LogP contribution in [0.15, 0.2) is 36.4 Å². The Balaban J connectivity index is 2.17. The zero-order chi connectivity index (χ0) is 19.5. The van der Waals surface area contributed by atoms with Crippen molar-refractivity contribution in [3.05, 3.63) is 58.1 Å². The first-order chi connectivity index (χ1) is 12.1. The highest BCUT2D eigenvalue weighted by Gasteiger charge is 2.23. The number of amides is 1. The molecule has 0 radical (unpaired) electrons. The number of benzene rings is 2. The third-order valence-corrected chi connectivity index (χ3v) is 5.38. The van der Waals surface area contributed by atoms with Crippen molar-refractivity contribution in [2.75, 3.05) is 22.4 Å². The minimum atomic E-state index is -3.58. The molecule has 1 N–H and O–H groups in total. The zero-order valence-electron chi connectivity index (χ0n) is 15.3. The molecule has 0 aliphatic carbocycles. The second-order valence-electron chi connectivity index (χ2n) is 6.41. The van der Waals surface area contributed by atoms with Gasteiger partial charge in [-0.2, -0.15) is 0 Å². The number of halogens is 1. The van der Waals surface area contributed by atoms with E-state index in [1.165, 1.54) is 4.31 Å². The van der Waals surface area contributed by atoms with Gasteiger partial charge in [0.05, 0.1) is 17.0 Å². The van der Waals surface area contributed by atoms with E-state index >= 15 is 0 Å². The van der Waals surface area contributed by atoms with Gasteiger partial charge in [0.1, 0.15) is 0 Å². The molecule has 0 fully saturated rings. The van der Waals surface area contributed by atoms with Crippen LogP contribution in [0.1, 0.15) is 23.1 Å². The summed E-state index contributed by atoms with van der Waals surface area (Å²) in [5.74, 6) is -0.261. The molecule has 2 aromatic carbocycles. The number of hydrogen-bond donors (Lipinski definition) is 1. The summed E-state index contributed by atoms with van der Waals surface area (Å²) >= 11 is 6.29. The molecule has 2 aromatic rings. The summed E-state index contributed by atoms with van der Waals surface area (Å²) in [5, 5.41) is 3.13. The van der Waals surface area contributed by atoms with Gasteiger partial charge in [0.25, 0.3) is 0 Å². The SMILES string of the molecule is Cc1ccc(NC(=O)CCN(c2c(C)cc(C)cc2Cl)S(C)(=O)=O)cc1. The highest BCUT2D eigenvalue weighted by molar-refractivity contribution is 7.92. The maximum Gasteiger partial charge on any atom is 0.232 e. The first-order valence-electron chi connectivity index (χ1n) is 8.19. The fourth-order valence-corrected chi connectivity index (χ4v) is 4.20. The first kappa shape index (κ1) is 20.3. The van der Waals surface area contributed by atoms with Crippen molar-refractivity contribution in [1.29, 1.82) is 0 Å². The standard InChI is InChI=1S/C19H23ClN2O3S/c1-13-5-7-16(8-6-13)21-18(23)9-10-22(26(4,24)25)19-15(3)11-14(2)12-17(19)20/h5-8,11-12H,9-10H2,1-4H3,(H,21,23). The molecule has 2 rings (SSSR count). The summed E-state index contributed by atoms with van der Waals surface area (Å²) < 4.78 is 25.7. The molecule has 0 saturated carbocycles. The highest BCUT2D eigenvalue weighted by Crippen LogP contribution is 2.32. The maximum atomic E-state index is 12.3. The van der Waals surface area contributed by atoms with Crippen molar-refractivity contribution in [1.82, 2.24) is 0 Å². The molecule has 7 heteroatoms. The van der Waals surface area contributed by atoms with Gasteiger partial charge >= 0.3 is 0 Å². The number of hydrogen-bond acceptors (Lipinski definition) is 3. The highest BCUT2D eigenvalue weighted by atomic mass is 35.5. The Hall–Kier alpha value is -2.05. The molecule has 0 atom stereocenters. The Morgan fingerprint density at radius 1 is 1.08 bits per heavy atom. The fourth-order valence-electron chi connectivity index (χ4n) is 2.73. The molecule has 5 nitrogen and oxygen atoms in total. The van der Waals surface area contributed by atoms with Crippen LogP contribution in [0.25, 0.3) is 0 Å². The molecule has 0 spiro atoms. The first-order valence-corrected chi connectivity index (χ1v) is 10.4. The quantitative estimate of drug-likeness (QED) is 0.803. The Bertz CT molecular complexity index is 886. The Labute approximate surface area is 160 Å². The summed E-state index contributed by atoms with van der Waals surface area (Å²) in [7, 11) is -3.58. The third-order valence-electron chi connectivity index (χ3n) is 3.93. The van der Waals surface area contributed by atoms with E-state index in [2.05, 4.69) is 5.32 Å². The molecular weight excluding hydrogens is 372 g/mol. The lowest BCUT2D eigenvalue weighted by Gasteiger charge is -2.25. The van der Waals surface area contributed by atoms with Gasteiger partial charge < -0.3 is 5.32 Å². The summed E-state index contributed by atoms with van der Waals surface area (Å²) in [6.07, 6.45) is 1.13. The minimum Gasteiger partial charge on any atom is -0.326 e. The average Bonchev–Trinajstić information content (AvgIpc) is 2.50. The van der Waals surface area contributed by atoms with Crippen LogP contribution < -0.4 is 9.62 Å². The van der Waals surface area contributed by atoms with Gasteiger partial charge in [-0.3, -0.25) is 9.10 Å². The number of anilines is 2. The van der Waals surface area contributed by atoms with Crippen molar-refractivity contribution < 1.29 is 13.2 Å². The minimum absolute atomic E-state index is 0.0140. The number of nitrogens with one attached hydrogen (secondary N) is 1. The van der Waals surface area contributed by atoms with Crippen molar-refractivity contribution in [2.45, 2.75) is 27.2 Å². The van der Waals surface area contributed by atoms with Gasteiger partial charge in [0.2, 0.25) is 15.9 Å². The van der Waals surface area contributed by atoms with Gasteiger partial charge in [-0.15, -0.1) is 0 Å². The van der Waals surface area contributed by atoms with Crippen LogP contribution >= 0.6 is 11.6 Å². The molecule has 0 heterocycles. The van der Waals surface area contributed by atoms with E-state index < -0.39 is 10.0 Å². The number of sulfonamides is 1. The lowest BCUT2D eigenvalue weighted by molar-refractivity contribution is -0.116. The van der Waals surface area contributed by atoms with Crippen LogP contribution in [0.4, 0.5) is 11.4 Å². The lowest BCUT2D eigenvalue weighted by Crippen LogP contribution is -2.33. The Morgan fingerprint density at radius 2 is 1.69 bits per heavy atom. The van der Waals surface area contributed by atoms with Gasteiger partial charge in [-0.25, -0.2) is 8.42 Å². The largest absolute Gasteiger partial charge is 0.326 e. The predicted octanol–water partition coefficient (Wildman–Crippen LogP) is 4.06. The van der Waals surface area contributed by atoms with Crippen molar-refractivity contribution in [3.63, 3.8) is 0 Å². The molecular formula is C19H23ClN2O3S. The number of aryl methyl sites for hydroxylation is 3. The van der Waals surface area contributed by atoms with Crippen LogP contribution in [0.2, 0.25) is 5.02 Å². The number of nitrogens with zero attached hydrogens (tertiary/aromatic N) is 1. The number of rotatable bonds is 6. The van der Waals surface area contributed by atoms with Crippen LogP contribution in [0.3, 0.4) is 0 Å². The summed E-state index contributed by atoms with van der Waals surface area (Å²) in [5.41, 5.74) is 3.89. The molecule has 0 aliphatic rings. The molecule has 26 heavy (non-hydrogen) atoms. The Kier molecular flexibility index (Phi) is 6.31. The number of carbonyl (C=O) groups is 1. The second kappa shape index (κ2) is 8.10. The lowest BCUT2D eigenvalue weighted by atomic mass is 10.1. The molecule has 0 saturated heterocycles. The van der Waals surface area contributed by atoms with E-state index in [4.69, 9.17) is 11.6 Å². The van der Waals surface area contributed by atoms with Gasteiger partial charge in [-0.05, 0) is 50.1 Å². The number of carbonyl (C=O) groups excluding carboxylic acids is 1. The van der Waals surface area contributed by atoms with E-state index in [0.29, 0.717) is 16.4 Å². The van der Waals surface area contributed by atoms with Gasteiger partial charge in [-0.1, -0.05) is 35.4 Å². The van der Waals surface area contributed by atoms with Gasteiger partial charge in [0.15, 0.2) is 0 Å². The summed E-state index contributed by atoms with van der Waals surface area (Å²) in [6, 6.07) is 11.0. The monoisotopic (exact) mass is 394 g/mol. The molecule has 0 unspecified atom stereocenters. The third kappa shape index (κ3) is 5.22. The topological polar surface area (TPSA) is 66.5 Å². The maximum absolute atomic E-state index is 12.3. The predicted molar refractivity (Wildman–Crippen MR) is 108 cm³/mol. The Morgan fingerprint density at radius 3 is 2.23 bits per heavy atom. The molecule has 1 amide bonds. The summed E-state index contributed by atoms with van der Waals surface area (Å²) in [4.78, 5) is 12.2. The van der Waals surface area contributed by atoms with E-state index in [9.17, 15) is 13.2 Å². The van der Waals surface area contributed by atoms with E-state index in [-0.39, 0.29) is 18.9 Å². The van der Waals surface area contributed by atoms with Crippen LogP contribution in [0.5, 0.6) is 0 Å². The van der Waals surface area contributed by atoms with E-state index in [1.807, 2.05) is 44.2 Å². The zero-order valence-corrected chi connectivity index (χ0v) is 16.9. The normalized spacial score (nSPS) is 11.3. The smallest absolute Gasteiger partial charge is 0.232 e. The van der Waals surface area contributed by atoms with Crippen LogP contribution in [-0.4, -0.2) is 27.1 Å². The molecule has 0 bridgehead atoms. The average molecular weight is 395 g/mol. The van der Waals surface area contributed by atoms with Crippen LogP contribution in [-0.2, 0) is 14.8 Å². The fraction of sp³-hybridized carbons (Fsp3) is 0.316. The van der Waals surface area contributed by atoms with Crippen molar-refractivity contribution in [3.8, 4) is 0 Å². The van der Waals surface area contributed by atoms with Gasteiger partial charge in [0, 0.05) is 18.7 Å². The van der Waals surface area contributed by atoms with Crippen molar-refractivity contribution in [2.24, 2.45) is 0 Å². The molecule has 140 valence electrons. The van der Waals surface area contributed by atoms with E-state index in [1.54, 1.807) is 13.0 Å². The summed E-state index contributed by atoms with van der Waals surface area (Å²) in [6.45, 7) is 5.67. The van der Waals surface area contributed by atoms with E-state index in [0.717, 1.165) is 22.9 Å². The molecule has 0 aromatic heterocycles.